The van der Waals surface area contributed by atoms with Crippen molar-refractivity contribution in [3.05, 3.63) is 47.3 Å². The van der Waals surface area contributed by atoms with Crippen LogP contribution in [0.3, 0.4) is 0 Å². The largest absolute Gasteiger partial charge is 0.488 e. The summed E-state index contributed by atoms with van der Waals surface area (Å²) in [5.74, 6) is -1.31. The van der Waals surface area contributed by atoms with E-state index in [1.807, 2.05) is 24.3 Å². The number of nitrogens with zero attached hydrogens (tertiary/aromatic N) is 1. The monoisotopic (exact) mass is 288 g/mol. The predicted octanol–water partition coefficient (Wildman–Crippen LogP) is 1.11. The second-order valence-corrected chi connectivity index (χ2v) is 4.64. The first kappa shape index (κ1) is 13.2. The molecule has 108 valence electrons. The quantitative estimate of drug-likeness (QED) is 0.873. The highest BCUT2D eigenvalue weighted by atomic mass is 16.5. The highest BCUT2D eigenvalue weighted by Gasteiger charge is 2.23. The maximum absolute atomic E-state index is 11.8. The topological polar surface area (TPSA) is 102 Å². The van der Waals surface area contributed by atoms with Gasteiger partial charge in [-0.3, -0.25) is 4.79 Å². The first-order valence-electron chi connectivity index (χ1n) is 6.36. The minimum absolute atomic E-state index is 0.0667. The number of amides is 1. The van der Waals surface area contributed by atoms with Crippen LogP contribution in [0, 0.1) is 0 Å². The van der Waals surface area contributed by atoms with E-state index in [2.05, 4.69) is 15.0 Å². The van der Waals surface area contributed by atoms with Gasteiger partial charge < -0.3 is 19.7 Å². The Morgan fingerprint density at radius 2 is 2.19 bits per heavy atom. The van der Waals surface area contributed by atoms with Crippen LogP contribution in [-0.2, 0) is 6.42 Å². The number of nitrogens with one attached hydrogen (secondary N) is 1. The Morgan fingerprint density at radius 1 is 1.38 bits per heavy atom. The fourth-order valence-electron chi connectivity index (χ4n) is 2.15. The number of benzene rings is 1. The minimum atomic E-state index is -1.27. The molecule has 21 heavy (non-hydrogen) atoms. The molecular weight excluding hydrogens is 276 g/mol. The van der Waals surface area contributed by atoms with Gasteiger partial charge in [-0.25, -0.2) is 4.79 Å². The SMILES string of the molecule is O=C(NCC1Cc2ccccc2O1)c1cc(C(=O)O)on1. The predicted molar refractivity (Wildman–Crippen MR) is 70.4 cm³/mol. The van der Waals surface area contributed by atoms with E-state index in [1.165, 1.54) is 0 Å². The van der Waals surface area contributed by atoms with Gasteiger partial charge >= 0.3 is 5.97 Å². The number of carbonyl (C=O) groups excluding carboxylic acids is 1. The fourth-order valence-corrected chi connectivity index (χ4v) is 2.15. The van der Waals surface area contributed by atoms with Crippen LogP contribution >= 0.6 is 0 Å². The zero-order valence-corrected chi connectivity index (χ0v) is 10.9. The lowest BCUT2D eigenvalue weighted by molar-refractivity contribution is 0.0651. The van der Waals surface area contributed by atoms with Crippen LogP contribution in [-0.4, -0.2) is 34.8 Å². The molecule has 0 saturated carbocycles. The summed E-state index contributed by atoms with van der Waals surface area (Å²) in [5.41, 5.74) is 1.04. The van der Waals surface area contributed by atoms with Gasteiger partial charge in [0.25, 0.3) is 5.91 Å². The molecule has 0 aliphatic carbocycles. The summed E-state index contributed by atoms with van der Waals surface area (Å²) in [6.45, 7) is 0.308. The van der Waals surface area contributed by atoms with Gasteiger partial charge in [-0.2, -0.15) is 0 Å². The summed E-state index contributed by atoms with van der Waals surface area (Å²) >= 11 is 0. The van der Waals surface area contributed by atoms with Gasteiger partial charge in [-0.1, -0.05) is 23.4 Å². The maximum Gasteiger partial charge on any atom is 0.374 e. The molecule has 1 aromatic heterocycles. The third-order valence-electron chi connectivity index (χ3n) is 3.16. The van der Waals surface area contributed by atoms with Crippen molar-refractivity contribution in [2.45, 2.75) is 12.5 Å². The lowest BCUT2D eigenvalue weighted by Crippen LogP contribution is -2.34. The van der Waals surface area contributed by atoms with Crippen molar-refractivity contribution >= 4 is 11.9 Å². The molecule has 0 spiro atoms. The van der Waals surface area contributed by atoms with Crippen LogP contribution in [0.15, 0.2) is 34.9 Å². The Bertz CT molecular complexity index is 669. The highest BCUT2D eigenvalue weighted by Crippen LogP contribution is 2.27. The van der Waals surface area contributed by atoms with Gasteiger partial charge in [0.05, 0.1) is 6.54 Å². The molecular formula is C14H12N2O5. The summed E-state index contributed by atoms with van der Waals surface area (Å²) in [7, 11) is 0. The molecule has 0 bridgehead atoms. The molecule has 2 heterocycles. The smallest absolute Gasteiger partial charge is 0.374 e. The third kappa shape index (κ3) is 2.71. The van der Waals surface area contributed by atoms with E-state index in [-0.39, 0.29) is 17.6 Å². The van der Waals surface area contributed by atoms with Crippen molar-refractivity contribution < 1.29 is 24.0 Å². The number of carbonyl (C=O) groups is 2. The zero-order valence-electron chi connectivity index (χ0n) is 10.9. The number of aromatic carboxylic acids is 1. The van der Waals surface area contributed by atoms with Crippen molar-refractivity contribution in [3.8, 4) is 5.75 Å². The fraction of sp³-hybridized carbons (Fsp3) is 0.214. The lowest BCUT2D eigenvalue weighted by Gasteiger charge is -2.10. The number of ether oxygens (including phenoxy) is 1. The van der Waals surface area contributed by atoms with E-state index < -0.39 is 11.9 Å². The summed E-state index contributed by atoms with van der Waals surface area (Å²) in [6, 6.07) is 8.78. The summed E-state index contributed by atoms with van der Waals surface area (Å²) < 4.78 is 10.2. The summed E-state index contributed by atoms with van der Waals surface area (Å²) in [4.78, 5) is 22.5. The number of carboxylic acids is 1. The second kappa shape index (κ2) is 5.28. The number of hydrogen-bond acceptors (Lipinski definition) is 5. The Hall–Kier alpha value is -2.83. The average Bonchev–Trinajstić information content (AvgIpc) is 3.11. The van der Waals surface area contributed by atoms with Crippen molar-refractivity contribution in [2.75, 3.05) is 6.54 Å². The van der Waals surface area contributed by atoms with Gasteiger partial charge in [-0.05, 0) is 11.6 Å². The van der Waals surface area contributed by atoms with Crippen LogP contribution in [0.5, 0.6) is 5.75 Å². The Labute approximate surface area is 119 Å². The van der Waals surface area contributed by atoms with Crippen LogP contribution in [0.4, 0.5) is 0 Å². The van der Waals surface area contributed by atoms with E-state index in [0.717, 1.165) is 23.8 Å². The van der Waals surface area contributed by atoms with Gasteiger partial charge in [0.2, 0.25) is 5.76 Å². The van der Waals surface area contributed by atoms with Gasteiger partial charge in [0.15, 0.2) is 5.69 Å². The Balaban J connectivity index is 1.56. The number of rotatable bonds is 4. The van der Waals surface area contributed by atoms with E-state index in [4.69, 9.17) is 9.84 Å². The normalized spacial score (nSPS) is 16.1. The van der Waals surface area contributed by atoms with Crippen molar-refractivity contribution in [3.63, 3.8) is 0 Å². The first-order chi connectivity index (χ1) is 10.1. The van der Waals surface area contributed by atoms with E-state index >= 15 is 0 Å². The van der Waals surface area contributed by atoms with Crippen LogP contribution in [0.1, 0.15) is 26.6 Å². The van der Waals surface area contributed by atoms with Crippen molar-refractivity contribution in [2.24, 2.45) is 0 Å². The Morgan fingerprint density at radius 3 is 2.90 bits per heavy atom. The molecule has 1 amide bonds. The van der Waals surface area contributed by atoms with Gasteiger partial charge in [0, 0.05) is 12.5 Å². The summed E-state index contributed by atoms with van der Waals surface area (Å²) in [6.07, 6.45) is 0.576. The molecule has 1 aliphatic rings. The standard InChI is InChI=1S/C14H12N2O5/c17-13(10-6-12(14(18)19)21-16-10)15-7-9-5-8-3-1-2-4-11(8)20-9/h1-4,6,9H,5,7H2,(H,15,17)(H,18,19). The number of para-hydroxylation sites is 1. The molecule has 1 aromatic carbocycles. The van der Waals surface area contributed by atoms with Crippen LogP contribution in [0.2, 0.25) is 0 Å². The molecule has 1 unspecified atom stereocenters. The molecule has 1 aliphatic heterocycles. The molecule has 7 nitrogen and oxygen atoms in total. The molecule has 2 N–H and O–H groups in total. The van der Waals surface area contributed by atoms with Crippen LogP contribution in [0.25, 0.3) is 0 Å². The van der Waals surface area contributed by atoms with E-state index in [0.29, 0.717) is 6.54 Å². The first-order valence-corrected chi connectivity index (χ1v) is 6.36. The number of aromatic nitrogens is 1. The number of hydrogen-bond donors (Lipinski definition) is 2. The van der Waals surface area contributed by atoms with Crippen LogP contribution < -0.4 is 10.1 Å². The van der Waals surface area contributed by atoms with E-state index in [1.54, 1.807) is 0 Å². The lowest BCUT2D eigenvalue weighted by atomic mass is 10.1. The van der Waals surface area contributed by atoms with Gasteiger partial charge in [0.1, 0.15) is 11.9 Å². The molecule has 7 heteroatoms. The minimum Gasteiger partial charge on any atom is -0.488 e. The number of fused-ring (bicyclic) bond motifs is 1. The van der Waals surface area contributed by atoms with Crippen molar-refractivity contribution in [1.82, 2.24) is 10.5 Å². The number of carboxylic acid groups (broad SMARTS) is 1. The van der Waals surface area contributed by atoms with Crippen molar-refractivity contribution in [1.29, 1.82) is 0 Å². The molecule has 3 rings (SSSR count). The molecule has 0 fully saturated rings. The Kier molecular flexibility index (Phi) is 3.31. The zero-order chi connectivity index (χ0) is 14.8. The van der Waals surface area contributed by atoms with E-state index in [9.17, 15) is 9.59 Å². The average molecular weight is 288 g/mol. The molecule has 2 aromatic rings. The molecule has 0 radical (unpaired) electrons. The molecule has 1 atom stereocenters. The molecule has 0 saturated heterocycles. The van der Waals surface area contributed by atoms with Gasteiger partial charge in [-0.15, -0.1) is 0 Å². The third-order valence-corrected chi connectivity index (χ3v) is 3.16. The maximum atomic E-state index is 11.8. The second-order valence-electron chi connectivity index (χ2n) is 4.64. The summed E-state index contributed by atoms with van der Waals surface area (Å²) in [5, 5.41) is 14.8. The highest BCUT2D eigenvalue weighted by molar-refractivity contribution is 5.94.